The summed E-state index contributed by atoms with van der Waals surface area (Å²) < 4.78 is 5.96. The number of benzene rings is 1. The van der Waals surface area contributed by atoms with E-state index in [-0.39, 0.29) is 17.2 Å². The van der Waals surface area contributed by atoms with Gasteiger partial charge in [-0.1, -0.05) is 39.3 Å². The average Bonchev–Trinajstić information content (AvgIpc) is 3.37. The Balaban J connectivity index is 1.88. The Morgan fingerprint density at radius 2 is 2.04 bits per heavy atom. The number of Topliss-reactive ketones (excluding diaryl/α,β-unsaturated/α-hetero) is 1. The van der Waals surface area contributed by atoms with E-state index >= 15 is 0 Å². The first-order valence-electron chi connectivity index (χ1n) is 8.01. The van der Waals surface area contributed by atoms with Crippen LogP contribution in [0.25, 0.3) is 0 Å². The second-order valence-corrected chi connectivity index (χ2v) is 7.86. The van der Waals surface area contributed by atoms with Gasteiger partial charge in [0, 0.05) is 10.5 Å². The predicted molar refractivity (Wildman–Crippen MR) is 104 cm³/mol. The number of anilines is 1. The van der Waals surface area contributed by atoms with Gasteiger partial charge in [-0.05, 0) is 36.1 Å². The van der Waals surface area contributed by atoms with Gasteiger partial charge in [-0.25, -0.2) is 0 Å². The zero-order valence-electron chi connectivity index (χ0n) is 14.0. The minimum absolute atomic E-state index is 0.0328. The summed E-state index contributed by atoms with van der Waals surface area (Å²) in [5, 5.41) is 16.2. The molecular weight excluding hydrogens is 432 g/mol. The van der Waals surface area contributed by atoms with Gasteiger partial charge >= 0.3 is 0 Å². The van der Waals surface area contributed by atoms with Crippen LogP contribution in [0.1, 0.15) is 27.0 Å². The lowest BCUT2D eigenvalue weighted by molar-refractivity contribution is -0.117. The van der Waals surface area contributed by atoms with Crippen LogP contribution in [0.5, 0.6) is 0 Å². The molecule has 2 aromatic heterocycles. The Bertz CT molecular complexity index is 1050. The third-order valence-electron chi connectivity index (χ3n) is 4.25. The molecule has 0 bridgehead atoms. The number of halogens is 1. The van der Waals surface area contributed by atoms with Crippen LogP contribution in [-0.2, 0) is 4.79 Å². The molecular formula is C19H13BrN2O4S. The fourth-order valence-electron chi connectivity index (χ4n) is 3.04. The van der Waals surface area contributed by atoms with Crippen LogP contribution in [-0.4, -0.2) is 22.0 Å². The molecule has 4 rings (SSSR count). The standard InChI is InChI=1S/C19H13BrN2O4S/c1-10-9-14(21-26-10)22-16(11-4-6-12(20)7-5-11)15(18(24)19(22)25)17(23)13-3-2-8-27-13/h2-9,16,24H,1H3/t16-/m0/s1. The molecule has 136 valence electrons. The molecule has 1 N–H and O–H groups in total. The van der Waals surface area contributed by atoms with Crippen molar-refractivity contribution >= 4 is 44.8 Å². The summed E-state index contributed by atoms with van der Waals surface area (Å²) in [5.41, 5.74) is 0.710. The van der Waals surface area contributed by atoms with E-state index in [0.717, 1.165) is 4.47 Å². The fourth-order valence-corrected chi connectivity index (χ4v) is 3.98. The van der Waals surface area contributed by atoms with Crippen molar-refractivity contribution in [2.24, 2.45) is 0 Å². The highest BCUT2D eigenvalue weighted by atomic mass is 79.9. The number of carbonyl (C=O) groups is 2. The van der Waals surface area contributed by atoms with Crippen molar-refractivity contribution in [2.45, 2.75) is 13.0 Å². The molecule has 1 aliphatic heterocycles. The van der Waals surface area contributed by atoms with Gasteiger partial charge in [0.15, 0.2) is 11.6 Å². The average molecular weight is 445 g/mol. The number of rotatable bonds is 4. The summed E-state index contributed by atoms with van der Waals surface area (Å²) in [6.45, 7) is 1.71. The van der Waals surface area contributed by atoms with Gasteiger partial charge in [0.1, 0.15) is 5.76 Å². The zero-order chi connectivity index (χ0) is 19.1. The van der Waals surface area contributed by atoms with E-state index in [0.29, 0.717) is 16.2 Å². The number of amides is 1. The van der Waals surface area contributed by atoms with E-state index in [1.54, 1.807) is 42.6 Å². The molecule has 1 atom stereocenters. The molecule has 6 nitrogen and oxygen atoms in total. The third-order valence-corrected chi connectivity index (χ3v) is 5.64. The lowest BCUT2D eigenvalue weighted by Gasteiger charge is -2.24. The van der Waals surface area contributed by atoms with Crippen molar-refractivity contribution in [2.75, 3.05) is 4.90 Å². The quantitative estimate of drug-likeness (QED) is 0.594. The molecule has 0 spiro atoms. The molecule has 1 aromatic carbocycles. The van der Waals surface area contributed by atoms with Crippen LogP contribution < -0.4 is 4.90 Å². The molecule has 8 heteroatoms. The first-order valence-corrected chi connectivity index (χ1v) is 9.68. The van der Waals surface area contributed by atoms with Gasteiger partial charge in [0.2, 0.25) is 5.78 Å². The molecule has 3 heterocycles. The molecule has 0 fully saturated rings. The third kappa shape index (κ3) is 3.00. The molecule has 0 radical (unpaired) electrons. The van der Waals surface area contributed by atoms with E-state index in [2.05, 4.69) is 21.1 Å². The number of hydrogen-bond donors (Lipinski definition) is 1. The lowest BCUT2D eigenvalue weighted by Crippen LogP contribution is -2.31. The normalized spacial score (nSPS) is 17.0. The summed E-state index contributed by atoms with van der Waals surface area (Å²) in [7, 11) is 0. The maximum atomic E-state index is 13.1. The number of hydrogen-bond acceptors (Lipinski definition) is 6. The minimum Gasteiger partial charge on any atom is -0.503 e. The highest BCUT2D eigenvalue weighted by Gasteiger charge is 2.45. The minimum atomic E-state index is -0.801. The summed E-state index contributed by atoms with van der Waals surface area (Å²) >= 11 is 4.64. The number of nitrogens with zero attached hydrogens (tertiary/aromatic N) is 2. The number of aromatic nitrogens is 1. The van der Waals surface area contributed by atoms with Gasteiger partial charge in [-0.2, -0.15) is 0 Å². The van der Waals surface area contributed by atoms with Crippen LogP contribution >= 0.6 is 27.3 Å². The second-order valence-electron chi connectivity index (χ2n) is 5.99. The largest absolute Gasteiger partial charge is 0.503 e. The summed E-state index contributed by atoms with van der Waals surface area (Å²) in [6, 6.07) is 11.4. The van der Waals surface area contributed by atoms with Crippen molar-refractivity contribution in [3.8, 4) is 0 Å². The van der Waals surface area contributed by atoms with E-state index in [1.165, 1.54) is 16.2 Å². The Morgan fingerprint density at radius 3 is 2.63 bits per heavy atom. The molecule has 0 saturated heterocycles. The maximum Gasteiger partial charge on any atom is 0.295 e. The maximum absolute atomic E-state index is 13.1. The van der Waals surface area contributed by atoms with Gasteiger partial charge in [0.25, 0.3) is 5.91 Å². The topological polar surface area (TPSA) is 83.6 Å². The monoisotopic (exact) mass is 444 g/mol. The van der Waals surface area contributed by atoms with Crippen molar-refractivity contribution in [3.63, 3.8) is 0 Å². The molecule has 1 aliphatic rings. The van der Waals surface area contributed by atoms with Crippen molar-refractivity contribution in [3.05, 3.63) is 79.9 Å². The van der Waals surface area contributed by atoms with E-state index < -0.39 is 17.7 Å². The van der Waals surface area contributed by atoms with Crippen LogP contribution in [0.3, 0.4) is 0 Å². The molecule has 0 aliphatic carbocycles. The Hall–Kier alpha value is -2.71. The molecule has 0 unspecified atom stereocenters. The van der Waals surface area contributed by atoms with E-state index in [9.17, 15) is 14.7 Å². The van der Waals surface area contributed by atoms with Gasteiger partial charge in [0.05, 0.1) is 16.5 Å². The molecule has 3 aromatic rings. The van der Waals surface area contributed by atoms with Gasteiger partial charge in [-0.15, -0.1) is 11.3 Å². The highest BCUT2D eigenvalue weighted by Crippen LogP contribution is 2.42. The number of aliphatic hydroxyl groups is 1. The molecule has 27 heavy (non-hydrogen) atoms. The Labute approximate surface area is 166 Å². The predicted octanol–water partition coefficient (Wildman–Crippen LogP) is 4.59. The van der Waals surface area contributed by atoms with Crippen molar-refractivity contribution < 1.29 is 19.2 Å². The number of ketones is 1. The smallest absolute Gasteiger partial charge is 0.295 e. The van der Waals surface area contributed by atoms with Gasteiger partial charge in [-0.3, -0.25) is 14.5 Å². The van der Waals surface area contributed by atoms with Crippen LogP contribution in [0.4, 0.5) is 5.82 Å². The zero-order valence-corrected chi connectivity index (χ0v) is 16.5. The SMILES string of the molecule is Cc1cc(N2C(=O)C(O)=C(C(=O)c3cccs3)[C@@H]2c2ccc(Br)cc2)no1. The first-order chi connectivity index (χ1) is 13.0. The van der Waals surface area contributed by atoms with E-state index in [1.807, 2.05) is 12.1 Å². The first kappa shape index (κ1) is 17.7. The van der Waals surface area contributed by atoms with Crippen LogP contribution in [0.15, 0.2) is 68.2 Å². The second kappa shape index (κ2) is 6.79. The Kier molecular flexibility index (Phi) is 4.45. The lowest BCUT2D eigenvalue weighted by atomic mass is 9.95. The van der Waals surface area contributed by atoms with Gasteiger partial charge < -0.3 is 9.63 Å². The molecule has 1 amide bonds. The molecule has 0 saturated carbocycles. The highest BCUT2D eigenvalue weighted by molar-refractivity contribution is 9.10. The summed E-state index contributed by atoms with van der Waals surface area (Å²) in [6.07, 6.45) is 0. The van der Waals surface area contributed by atoms with Crippen LogP contribution in [0.2, 0.25) is 0 Å². The summed E-state index contributed by atoms with van der Waals surface area (Å²) in [5.74, 6) is -0.875. The number of aliphatic hydroxyl groups excluding tert-OH is 1. The van der Waals surface area contributed by atoms with Crippen LogP contribution in [0, 0.1) is 6.92 Å². The number of aryl methyl sites for hydroxylation is 1. The summed E-state index contributed by atoms with van der Waals surface area (Å²) in [4.78, 5) is 27.6. The Morgan fingerprint density at radius 1 is 1.30 bits per heavy atom. The van der Waals surface area contributed by atoms with Crippen molar-refractivity contribution in [1.82, 2.24) is 5.16 Å². The van der Waals surface area contributed by atoms with Crippen molar-refractivity contribution in [1.29, 1.82) is 0 Å². The number of carbonyl (C=O) groups excluding carboxylic acids is 2. The van der Waals surface area contributed by atoms with E-state index in [4.69, 9.17) is 4.52 Å². The fraction of sp³-hybridized carbons (Fsp3) is 0.105. The number of thiophene rings is 1.